The quantitative estimate of drug-likeness (QED) is 0.540. The Morgan fingerprint density at radius 2 is 1.27 bits per heavy atom. The van der Waals surface area contributed by atoms with Crippen molar-refractivity contribution in [2.45, 2.75) is 26.7 Å². The van der Waals surface area contributed by atoms with Gasteiger partial charge >= 0.3 is 0 Å². The van der Waals surface area contributed by atoms with Crippen LogP contribution in [0, 0.1) is 0 Å². The van der Waals surface area contributed by atoms with Crippen LogP contribution in [0.5, 0.6) is 0 Å². The molecule has 0 aliphatic heterocycles. The Morgan fingerprint density at radius 1 is 0.591 bits per heavy atom. The third kappa shape index (κ3) is 2.96. The number of hydrogen-bond donors (Lipinski definition) is 0. The lowest BCUT2D eigenvalue weighted by Crippen LogP contribution is -1.88. The molecule has 110 valence electrons. The fraction of sp³-hybridized carbons (Fsp3) is 0.182. The maximum Gasteiger partial charge on any atom is -0.0152 e. The van der Waals surface area contributed by atoms with Gasteiger partial charge in [-0.05, 0) is 52.3 Å². The average molecular weight is 286 g/mol. The monoisotopic (exact) mass is 286 g/mol. The first kappa shape index (κ1) is 14.6. The number of benzene rings is 3. The van der Waals surface area contributed by atoms with Gasteiger partial charge in [0.25, 0.3) is 0 Å². The molecule has 0 heterocycles. The minimum Gasteiger partial charge on any atom is -0.0620 e. The van der Waals surface area contributed by atoms with Crippen LogP contribution in [0.2, 0.25) is 0 Å². The fourth-order valence-electron chi connectivity index (χ4n) is 2.95. The van der Waals surface area contributed by atoms with Gasteiger partial charge in [0.05, 0.1) is 0 Å². The van der Waals surface area contributed by atoms with Crippen LogP contribution in [0.1, 0.15) is 25.0 Å². The SMILES string of the molecule is CCc1cccc(-c2cccc(-c3ccccc3CC)c2)c1. The van der Waals surface area contributed by atoms with Crippen molar-refractivity contribution in [2.75, 3.05) is 0 Å². The molecule has 0 unspecified atom stereocenters. The number of hydrogen-bond acceptors (Lipinski definition) is 0. The lowest BCUT2D eigenvalue weighted by molar-refractivity contribution is 1.14. The van der Waals surface area contributed by atoms with E-state index in [0.29, 0.717) is 0 Å². The van der Waals surface area contributed by atoms with Gasteiger partial charge in [0, 0.05) is 0 Å². The third-order valence-electron chi connectivity index (χ3n) is 4.24. The molecule has 0 aromatic heterocycles. The maximum absolute atomic E-state index is 2.31. The summed E-state index contributed by atoms with van der Waals surface area (Å²) < 4.78 is 0. The van der Waals surface area contributed by atoms with E-state index in [-0.39, 0.29) is 0 Å². The smallest absolute Gasteiger partial charge is 0.0152 e. The Morgan fingerprint density at radius 3 is 2.05 bits per heavy atom. The summed E-state index contributed by atoms with van der Waals surface area (Å²) in [6, 6.07) is 26.4. The first-order valence-corrected chi connectivity index (χ1v) is 8.09. The van der Waals surface area contributed by atoms with E-state index < -0.39 is 0 Å². The molecule has 0 aliphatic carbocycles. The predicted molar refractivity (Wildman–Crippen MR) is 96.1 cm³/mol. The standard InChI is InChI=1S/C22H22/c1-3-17-9-7-11-19(15-17)20-12-8-13-21(16-20)22-14-6-5-10-18(22)4-2/h5-16H,3-4H2,1-2H3. The van der Waals surface area contributed by atoms with Crippen molar-refractivity contribution in [1.29, 1.82) is 0 Å². The Hall–Kier alpha value is -2.34. The van der Waals surface area contributed by atoms with E-state index in [1.54, 1.807) is 0 Å². The molecule has 0 aliphatic rings. The molecule has 3 aromatic rings. The van der Waals surface area contributed by atoms with Gasteiger partial charge in [-0.3, -0.25) is 0 Å². The molecule has 0 radical (unpaired) electrons. The molecular formula is C22H22. The van der Waals surface area contributed by atoms with Crippen molar-refractivity contribution < 1.29 is 0 Å². The molecule has 0 fully saturated rings. The van der Waals surface area contributed by atoms with E-state index in [4.69, 9.17) is 0 Å². The van der Waals surface area contributed by atoms with Crippen molar-refractivity contribution >= 4 is 0 Å². The van der Waals surface area contributed by atoms with Gasteiger partial charge in [-0.1, -0.05) is 80.6 Å². The number of aryl methyl sites for hydroxylation is 2. The largest absolute Gasteiger partial charge is 0.0620 e. The van der Waals surface area contributed by atoms with Gasteiger partial charge in [-0.15, -0.1) is 0 Å². The van der Waals surface area contributed by atoms with Crippen LogP contribution in [0.3, 0.4) is 0 Å². The van der Waals surface area contributed by atoms with Crippen molar-refractivity contribution in [3.8, 4) is 22.3 Å². The Labute approximate surface area is 133 Å². The Bertz CT molecular complexity index is 768. The fourth-order valence-corrected chi connectivity index (χ4v) is 2.95. The predicted octanol–water partition coefficient (Wildman–Crippen LogP) is 6.15. The van der Waals surface area contributed by atoms with E-state index in [1.807, 2.05) is 0 Å². The van der Waals surface area contributed by atoms with Crippen molar-refractivity contribution in [1.82, 2.24) is 0 Å². The van der Waals surface area contributed by atoms with E-state index in [9.17, 15) is 0 Å². The highest BCUT2D eigenvalue weighted by Gasteiger charge is 2.05. The second-order valence-corrected chi connectivity index (χ2v) is 5.65. The number of rotatable bonds is 4. The molecule has 22 heavy (non-hydrogen) atoms. The summed E-state index contributed by atoms with van der Waals surface area (Å²) in [6.07, 6.45) is 2.14. The highest BCUT2D eigenvalue weighted by molar-refractivity contribution is 5.75. The summed E-state index contributed by atoms with van der Waals surface area (Å²) >= 11 is 0. The minimum absolute atomic E-state index is 1.06. The van der Waals surface area contributed by atoms with Crippen LogP contribution in [-0.2, 0) is 12.8 Å². The zero-order valence-corrected chi connectivity index (χ0v) is 13.3. The molecule has 3 rings (SSSR count). The molecule has 0 amide bonds. The minimum atomic E-state index is 1.06. The van der Waals surface area contributed by atoms with E-state index in [2.05, 4.69) is 86.6 Å². The third-order valence-corrected chi connectivity index (χ3v) is 4.24. The Kier molecular flexibility index (Phi) is 4.39. The van der Waals surface area contributed by atoms with E-state index in [1.165, 1.54) is 33.4 Å². The molecule has 0 saturated carbocycles. The van der Waals surface area contributed by atoms with Crippen LogP contribution in [-0.4, -0.2) is 0 Å². The second-order valence-electron chi connectivity index (χ2n) is 5.65. The Balaban J connectivity index is 2.06. The van der Waals surface area contributed by atoms with Crippen LogP contribution in [0.25, 0.3) is 22.3 Å². The van der Waals surface area contributed by atoms with Gasteiger partial charge < -0.3 is 0 Å². The van der Waals surface area contributed by atoms with Crippen LogP contribution >= 0.6 is 0 Å². The molecule has 0 spiro atoms. The lowest BCUT2D eigenvalue weighted by Gasteiger charge is -2.10. The van der Waals surface area contributed by atoms with Crippen LogP contribution < -0.4 is 0 Å². The van der Waals surface area contributed by atoms with Crippen molar-refractivity contribution in [3.63, 3.8) is 0 Å². The summed E-state index contributed by atoms with van der Waals surface area (Å²) in [5.74, 6) is 0. The molecule has 3 aromatic carbocycles. The summed E-state index contributed by atoms with van der Waals surface area (Å²) in [6.45, 7) is 4.42. The van der Waals surface area contributed by atoms with Gasteiger partial charge in [0.2, 0.25) is 0 Å². The molecule has 0 nitrogen and oxygen atoms in total. The van der Waals surface area contributed by atoms with Gasteiger partial charge in [0.1, 0.15) is 0 Å². The van der Waals surface area contributed by atoms with Crippen molar-refractivity contribution in [3.05, 3.63) is 83.9 Å². The molecule has 0 N–H and O–H groups in total. The molecule has 0 bridgehead atoms. The second kappa shape index (κ2) is 6.62. The first-order valence-electron chi connectivity index (χ1n) is 8.09. The highest BCUT2D eigenvalue weighted by Crippen LogP contribution is 2.29. The summed E-state index contributed by atoms with van der Waals surface area (Å²) in [7, 11) is 0. The zero-order chi connectivity index (χ0) is 15.4. The van der Waals surface area contributed by atoms with Crippen LogP contribution in [0.15, 0.2) is 72.8 Å². The average Bonchev–Trinajstić information content (AvgIpc) is 2.62. The molecule has 0 atom stereocenters. The van der Waals surface area contributed by atoms with E-state index >= 15 is 0 Å². The zero-order valence-electron chi connectivity index (χ0n) is 13.3. The molecule has 0 saturated heterocycles. The van der Waals surface area contributed by atoms with Gasteiger partial charge in [-0.2, -0.15) is 0 Å². The molecular weight excluding hydrogens is 264 g/mol. The first-order chi connectivity index (χ1) is 10.8. The van der Waals surface area contributed by atoms with Gasteiger partial charge in [-0.25, -0.2) is 0 Å². The van der Waals surface area contributed by atoms with Crippen molar-refractivity contribution in [2.24, 2.45) is 0 Å². The van der Waals surface area contributed by atoms with E-state index in [0.717, 1.165) is 12.8 Å². The summed E-state index contributed by atoms with van der Waals surface area (Å²) in [4.78, 5) is 0. The lowest BCUT2D eigenvalue weighted by atomic mass is 9.94. The molecule has 0 heteroatoms. The van der Waals surface area contributed by atoms with Gasteiger partial charge in [0.15, 0.2) is 0 Å². The summed E-state index contributed by atoms with van der Waals surface area (Å²) in [5, 5.41) is 0. The normalized spacial score (nSPS) is 10.6. The summed E-state index contributed by atoms with van der Waals surface area (Å²) in [5.41, 5.74) is 8.03. The maximum atomic E-state index is 2.31. The topological polar surface area (TPSA) is 0 Å². The van der Waals surface area contributed by atoms with Crippen LogP contribution in [0.4, 0.5) is 0 Å². The highest BCUT2D eigenvalue weighted by atomic mass is 14.1.